The largest absolute Gasteiger partial charge is 0.416 e. The number of anilines is 2. The monoisotopic (exact) mass is 512 g/mol. The van der Waals surface area contributed by atoms with E-state index in [1.54, 1.807) is 34.9 Å². The Kier molecular flexibility index (Phi) is 6.38. The highest BCUT2D eigenvalue weighted by Crippen LogP contribution is 2.33. The molecule has 0 bridgehead atoms. The molecule has 194 valence electrons. The van der Waals surface area contributed by atoms with Crippen molar-refractivity contribution in [3.8, 4) is 0 Å². The number of alkyl halides is 3. The van der Waals surface area contributed by atoms with Crippen LogP contribution in [-0.2, 0) is 19.8 Å². The Labute approximate surface area is 211 Å². The van der Waals surface area contributed by atoms with Crippen LogP contribution in [0.3, 0.4) is 0 Å². The van der Waals surface area contributed by atoms with Crippen molar-refractivity contribution in [2.75, 3.05) is 10.3 Å². The van der Waals surface area contributed by atoms with Gasteiger partial charge < -0.3 is 16.1 Å². The lowest BCUT2D eigenvalue weighted by molar-refractivity contribution is -0.137. The maximum Gasteiger partial charge on any atom is 0.416 e. The van der Waals surface area contributed by atoms with Gasteiger partial charge in [-0.25, -0.2) is 0 Å². The molecule has 0 unspecified atom stereocenters. The average Bonchev–Trinajstić information content (AvgIpc) is 3.46. The van der Waals surface area contributed by atoms with Gasteiger partial charge in [0.25, 0.3) is 5.91 Å². The molecule has 0 atom stereocenters. The van der Waals surface area contributed by atoms with E-state index in [0.717, 1.165) is 41.9 Å². The summed E-state index contributed by atoms with van der Waals surface area (Å²) in [5.74, 6) is -0.561. The summed E-state index contributed by atoms with van der Waals surface area (Å²) in [5.41, 5.74) is 9.96. The fourth-order valence-electron chi connectivity index (χ4n) is 4.02. The van der Waals surface area contributed by atoms with E-state index in [0.29, 0.717) is 29.5 Å². The van der Waals surface area contributed by atoms with Gasteiger partial charge >= 0.3 is 6.18 Å². The van der Waals surface area contributed by atoms with Crippen molar-refractivity contribution in [1.29, 1.82) is 0 Å². The lowest BCUT2D eigenvalue weighted by atomic mass is 10.1. The zero-order valence-electron chi connectivity index (χ0n) is 20.6. The SMILES string of the molecule is Cc1ncc(C(=O)Nc2cc(CNC3CC3)cc(C(F)(F)F)c2)cc1N1C=C(c2cnn(C)c2C)NN1. The Bertz CT molecular complexity index is 1380. The summed E-state index contributed by atoms with van der Waals surface area (Å²) in [5, 5.41) is 11.8. The minimum absolute atomic E-state index is 0.0738. The number of benzene rings is 1. The first-order chi connectivity index (χ1) is 17.6. The molecular weight excluding hydrogens is 485 g/mol. The van der Waals surface area contributed by atoms with Gasteiger partial charge in [-0.3, -0.25) is 19.5 Å². The fraction of sp³-hybridized carbons (Fsp3) is 0.320. The lowest BCUT2D eigenvalue weighted by Gasteiger charge is -2.18. The molecule has 0 spiro atoms. The molecule has 0 saturated heterocycles. The standard InChI is InChI=1S/C25H27F3N8O/c1-14-23(36-13-22(33-34-36)21-12-31-35(3)15(21)2)8-17(11-29-14)24(37)32-20-7-16(10-30-19-4-5-19)6-18(9-20)25(26,27)28/h6-9,11-13,19,30,33-34H,4-5,10H2,1-3H3,(H,32,37). The Hall–Kier alpha value is -3.90. The quantitative estimate of drug-likeness (QED) is 0.382. The Morgan fingerprint density at radius 2 is 1.95 bits per heavy atom. The van der Waals surface area contributed by atoms with Crippen molar-refractivity contribution in [3.63, 3.8) is 0 Å². The van der Waals surface area contributed by atoms with Gasteiger partial charge in [-0.05, 0) is 56.5 Å². The second-order valence-electron chi connectivity index (χ2n) is 9.27. The molecule has 12 heteroatoms. The molecule has 1 aromatic carbocycles. The van der Waals surface area contributed by atoms with E-state index in [4.69, 9.17) is 0 Å². The summed E-state index contributed by atoms with van der Waals surface area (Å²) in [6, 6.07) is 5.58. The van der Waals surface area contributed by atoms with Crippen LogP contribution in [0.25, 0.3) is 5.70 Å². The molecule has 1 aliphatic carbocycles. The number of aromatic nitrogens is 3. The van der Waals surface area contributed by atoms with Gasteiger partial charge in [0.1, 0.15) is 0 Å². The number of carbonyl (C=O) groups is 1. The van der Waals surface area contributed by atoms with Gasteiger partial charge in [-0.1, -0.05) is 0 Å². The second-order valence-corrected chi connectivity index (χ2v) is 9.27. The maximum atomic E-state index is 13.5. The van der Waals surface area contributed by atoms with Crippen LogP contribution >= 0.6 is 0 Å². The third kappa shape index (κ3) is 5.44. The van der Waals surface area contributed by atoms with Crippen molar-refractivity contribution >= 4 is 23.0 Å². The fourth-order valence-corrected chi connectivity index (χ4v) is 4.02. The molecule has 3 heterocycles. The van der Waals surface area contributed by atoms with E-state index >= 15 is 0 Å². The highest BCUT2D eigenvalue weighted by atomic mass is 19.4. The van der Waals surface area contributed by atoms with Gasteiger partial charge in [-0.15, -0.1) is 5.53 Å². The van der Waals surface area contributed by atoms with E-state index in [-0.39, 0.29) is 11.3 Å². The van der Waals surface area contributed by atoms with Crippen LogP contribution in [0, 0.1) is 13.8 Å². The normalized spacial score (nSPS) is 15.5. The molecule has 1 fully saturated rings. The van der Waals surface area contributed by atoms with Crippen LogP contribution < -0.4 is 26.6 Å². The molecule has 5 rings (SSSR count). The number of hydrazine groups is 2. The first-order valence-corrected chi connectivity index (χ1v) is 11.8. The number of nitrogens with zero attached hydrogens (tertiary/aromatic N) is 4. The van der Waals surface area contributed by atoms with Crippen LogP contribution in [0.2, 0.25) is 0 Å². The maximum absolute atomic E-state index is 13.5. The third-order valence-corrected chi connectivity index (χ3v) is 6.43. The van der Waals surface area contributed by atoms with Crippen molar-refractivity contribution < 1.29 is 18.0 Å². The average molecular weight is 513 g/mol. The molecule has 37 heavy (non-hydrogen) atoms. The summed E-state index contributed by atoms with van der Waals surface area (Å²) in [6.07, 6.45) is 2.48. The number of hydrogen-bond acceptors (Lipinski definition) is 7. The van der Waals surface area contributed by atoms with E-state index in [9.17, 15) is 18.0 Å². The van der Waals surface area contributed by atoms with Crippen LogP contribution in [0.5, 0.6) is 0 Å². The Morgan fingerprint density at radius 1 is 1.16 bits per heavy atom. The van der Waals surface area contributed by atoms with Crippen LogP contribution in [0.4, 0.5) is 24.5 Å². The molecule has 2 aliphatic rings. The molecule has 3 aromatic rings. The third-order valence-electron chi connectivity index (χ3n) is 6.43. The van der Waals surface area contributed by atoms with Crippen molar-refractivity contribution in [1.82, 2.24) is 31.0 Å². The van der Waals surface area contributed by atoms with E-state index in [1.807, 2.05) is 20.2 Å². The molecule has 1 amide bonds. The molecule has 2 aromatic heterocycles. The number of hydrogen-bond donors (Lipinski definition) is 4. The summed E-state index contributed by atoms with van der Waals surface area (Å²) in [6.45, 7) is 4.05. The van der Waals surface area contributed by atoms with Crippen LogP contribution in [0.15, 0.2) is 42.9 Å². The molecule has 1 saturated carbocycles. The van der Waals surface area contributed by atoms with Crippen molar-refractivity contribution in [3.05, 3.63) is 76.5 Å². The smallest absolute Gasteiger partial charge is 0.322 e. The minimum Gasteiger partial charge on any atom is -0.322 e. The molecule has 4 N–H and O–H groups in total. The summed E-state index contributed by atoms with van der Waals surface area (Å²) in [7, 11) is 1.85. The predicted molar refractivity (Wildman–Crippen MR) is 133 cm³/mol. The molecule has 1 aliphatic heterocycles. The minimum atomic E-state index is -4.53. The van der Waals surface area contributed by atoms with Crippen LogP contribution in [0.1, 0.15) is 51.3 Å². The van der Waals surface area contributed by atoms with Gasteiger partial charge in [0.2, 0.25) is 0 Å². The number of aryl methyl sites for hydroxylation is 2. The summed E-state index contributed by atoms with van der Waals surface area (Å²) < 4.78 is 42.3. The van der Waals surface area contributed by atoms with Crippen molar-refractivity contribution in [2.24, 2.45) is 7.05 Å². The van der Waals surface area contributed by atoms with Crippen molar-refractivity contribution in [2.45, 2.75) is 45.5 Å². The number of halogens is 3. The Balaban J connectivity index is 1.37. The number of amides is 1. The van der Waals surface area contributed by atoms with Gasteiger partial charge in [-0.2, -0.15) is 18.3 Å². The first-order valence-electron chi connectivity index (χ1n) is 11.8. The number of pyridine rings is 1. The first kappa shape index (κ1) is 24.8. The molecule has 9 nitrogen and oxygen atoms in total. The summed E-state index contributed by atoms with van der Waals surface area (Å²) >= 11 is 0. The van der Waals surface area contributed by atoms with Gasteiger partial charge in [0, 0.05) is 49.0 Å². The predicted octanol–water partition coefficient (Wildman–Crippen LogP) is 3.78. The second kappa shape index (κ2) is 9.52. The zero-order valence-corrected chi connectivity index (χ0v) is 20.6. The number of rotatable bonds is 7. The van der Waals surface area contributed by atoms with Gasteiger partial charge in [0.15, 0.2) is 0 Å². The number of nitrogens with one attached hydrogen (secondary N) is 4. The topological polar surface area (TPSA) is 99.1 Å². The van der Waals surface area contributed by atoms with E-state index in [1.165, 1.54) is 6.20 Å². The highest BCUT2D eigenvalue weighted by Gasteiger charge is 2.32. The molecule has 0 radical (unpaired) electrons. The zero-order chi connectivity index (χ0) is 26.3. The van der Waals surface area contributed by atoms with Gasteiger partial charge in [0.05, 0.1) is 34.4 Å². The van der Waals surface area contributed by atoms with E-state index in [2.05, 4.69) is 31.7 Å². The van der Waals surface area contributed by atoms with E-state index < -0.39 is 17.6 Å². The highest BCUT2D eigenvalue weighted by molar-refractivity contribution is 6.04. The molecular formula is C25H27F3N8O. The Morgan fingerprint density at radius 3 is 2.62 bits per heavy atom. The number of carbonyl (C=O) groups excluding carboxylic acids is 1. The van der Waals surface area contributed by atoms with Crippen LogP contribution in [-0.4, -0.2) is 26.7 Å². The lowest BCUT2D eigenvalue weighted by Crippen LogP contribution is -2.36. The summed E-state index contributed by atoms with van der Waals surface area (Å²) in [4.78, 5) is 17.4.